The molecule has 2 aliphatic heterocycles. The Morgan fingerprint density at radius 1 is 1.45 bits per heavy atom. The molecule has 2 saturated heterocycles. The number of likely N-dealkylation sites (tertiary alicyclic amines) is 1. The predicted octanol–water partition coefficient (Wildman–Crippen LogP) is 2.11. The number of amides is 2. The summed E-state index contributed by atoms with van der Waals surface area (Å²) in [5, 5.41) is 2.88. The number of carbonyl (C=O) groups is 2. The minimum Gasteiger partial charge on any atom is -0.354 e. The fourth-order valence-electron chi connectivity index (χ4n) is 3.16. The van der Waals surface area contributed by atoms with Crippen LogP contribution in [0.5, 0.6) is 0 Å². The molecule has 106 valence electrons. The molecule has 2 amide bonds. The lowest BCUT2D eigenvalue weighted by Crippen LogP contribution is -2.48. The van der Waals surface area contributed by atoms with E-state index in [0.29, 0.717) is 12.1 Å². The largest absolute Gasteiger partial charge is 0.354 e. The molecule has 0 aliphatic carbocycles. The van der Waals surface area contributed by atoms with E-state index in [1.807, 2.05) is 30.0 Å². The van der Waals surface area contributed by atoms with E-state index < -0.39 is 0 Å². The highest BCUT2D eigenvalue weighted by Crippen LogP contribution is 2.30. The molecule has 0 spiro atoms. The van der Waals surface area contributed by atoms with Crippen molar-refractivity contribution < 1.29 is 9.59 Å². The number of nitrogens with one attached hydrogen (secondary N) is 1. The van der Waals surface area contributed by atoms with Gasteiger partial charge in [-0.3, -0.25) is 9.59 Å². The van der Waals surface area contributed by atoms with Crippen molar-refractivity contribution in [3.05, 3.63) is 33.8 Å². The lowest BCUT2D eigenvalue weighted by Gasteiger charge is -2.36. The molecule has 2 fully saturated rings. The lowest BCUT2D eigenvalue weighted by atomic mass is 9.91. The molecule has 0 radical (unpaired) electrons. The molecule has 4 nitrogen and oxygen atoms in total. The van der Waals surface area contributed by atoms with Crippen LogP contribution in [0.4, 0.5) is 0 Å². The molecule has 20 heavy (non-hydrogen) atoms. The Labute approximate surface area is 126 Å². The monoisotopic (exact) mass is 336 g/mol. The minimum atomic E-state index is -0.0312. The zero-order chi connectivity index (χ0) is 14.3. The van der Waals surface area contributed by atoms with Crippen molar-refractivity contribution in [2.45, 2.75) is 25.8 Å². The molecule has 1 N–H and O–H groups in total. The van der Waals surface area contributed by atoms with Crippen LogP contribution < -0.4 is 5.32 Å². The van der Waals surface area contributed by atoms with Gasteiger partial charge in [0.25, 0.3) is 5.91 Å². The van der Waals surface area contributed by atoms with Crippen LogP contribution in [0, 0.1) is 12.8 Å². The summed E-state index contributed by atoms with van der Waals surface area (Å²) < 4.78 is 0.813. The molecule has 3 rings (SSSR count). The summed E-state index contributed by atoms with van der Waals surface area (Å²) >= 11 is 3.45. The number of rotatable bonds is 1. The van der Waals surface area contributed by atoms with Crippen molar-refractivity contribution in [1.29, 1.82) is 0 Å². The Bertz CT molecular complexity index is 573. The van der Waals surface area contributed by atoms with Gasteiger partial charge < -0.3 is 10.2 Å². The van der Waals surface area contributed by atoms with Crippen LogP contribution in [0.3, 0.4) is 0 Å². The van der Waals surface area contributed by atoms with Gasteiger partial charge in [-0.25, -0.2) is 0 Å². The first-order valence-corrected chi connectivity index (χ1v) is 7.72. The van der Waals surface area contributed by atoms with Crippen molar-refractivity contribution in [1.82, 2.24) is 10.2 Å². The summed E-state index contributed by atoms with van der Waals surface area (Å²) in [6, 6.07) is 5.79. The number of nitrogens with zero attached hydrogens (tertiary/aromatic N) is 1. The summed E-state index contributed by atoms with van der Waals surface area (Å²) in [6.45, 7) is 3.29. The van der Waals surface area contributed by atoms with Crippen molar-refractivity contribution in [3.63, 3.8) is 0 Å². The zero-order valence-corrected chi connectivity index (χ0v) is 12.9. The van der Waals surface area contributed by atoms with Crippen LogP contribution in [-0.2, 0) is 4.79 Å². The van der Waals surface area contributed by atoms with Gasteiger partial charge in [0.15, 0.2) is 0 Å². The molecule has 1 aromatic carbocycles. The molecule has 0 saturated carbocycles. The second-order valence-electron chi connectivity index (χ2n) is 5.54. The topological polar surface area (TPSA) is 49.4 Å². The second-order valence-corrected chi connectivity index (χ2v) is 6.40. The second kappa shape index (κ2) is 5.20. The highest BCUT2D eigenvalue weighted by atomic mass is 79.9. The van der Waals surface area contributed by atoms with Crippen molar-refractivity contribution in [3.8, 4) is 0 Å². The highest BCUT2D eigenvalue weighted by Gasteiger charge is 2.42. The SMILES string of the molecule is Cc1ccc(Br)c(C(=O)N2CCCC3C(=O)NCC32)c1. The van der Waals surface area contributed by atoms with E-state index in [1.54, 1.807) is 0 Å². The van der Waals surface area contributed by atoms with E-state index in [1.165, 1.54) is 0 Å². The summed E-state index contributed by atoms with van der Waals surface area (Å²) in [4.78, 5) is 26.4. The first kappa shape index (κ1) is 13.6. The van der Waals surface area contributed by atoms with Crippen LogP contribution in [0.25, 0.3) is 0 Å². The molecule has 0 bridgehead atoms. The molecule has 5 heteroatoms. The summed E-state index contributed by atoms with van der Waals surface area (Å²) in [5.74, 6) is 0.0823. The van der Waals surface area contributed by atoms with Gasteiger partial charge in [0.05, 0.1) is 17.5 Å². The summed E-state index contributed by atoms with van der Waals surface area (Å²) in [7, 11) is 0. The number of hydrogen-bond acceptors (Lipinski definition) is 2. The molecule has 2 aliphatic rings. The van der Waals surface area contributed by atoms with E-state index in [-0.39, 0.29) is 23.8 Å². The van der Waals surface area contributed by atoms with Gasteiger partial charge in [0.2, 0.25) is 5.91 Å². The van der Waals surface area contributed by atoms with Gasteiger partial charge >= 0.3 is 0 Å². The minimum absolute atomic E-state index is 0.0103. The Morgan fingerprint density at radius 3 is 3.05 bits per heavy atom. The molecule has 2 heterocycles. The van der Waals surface area contributed by atoms with Gasteiger partial charge in [-0.15, -0.1) is 0 Å². The van der Waals surface area contributed by atoms with Gasteiger partial charge in [0, 0.05) is 17.6 Å². The van der Waals surface area contributed by atoms with Crippen LogP contribution >= 0.6 is 15.9 Å². The van der Waals surface area contributed by atoms with Gasteiger partial charge in [-0.2, -0.15) is 0 Å². The highest BCUT2D eigenvalue weighted by molar-refractivity contribution is 9.10. The van der Waals surface area contributed by atoms with E-state index in [4.69, 9.17) is 0 Å². The normalized spacial score (nSPS) is 25.3. The van der Waals surface area contributed by atoms with E-state index in [0.717, 1.165) is 29.4 Å². The third-order valence-electron chi connectivity index (χ3n) is 4.21. The van der Waals surface area contributed by atoms with E-state index in [2.05, 4.69) is 21.2 Å². The Balaban J connectivity index is 1.90. The molecule has 1 aromatic rings. The number of carbonyl (C=O) groups excluding carboxylic acids is 2. The maximum absolute atomic E-state index is 12.8. The third-order valence-corrected chi connectivity index (χ3v) is 4.91. The van der Waals surface area contributed by atoms with Crippen LogP contribution in [-0.4, -0.2) is 35.8 Å². The quantitative estimate of drug-likeness (QED) is 0.853. The summed E-state index contributed by atoms with van der Waals surface area (Å²) in [6.07, 6.45) is 1.78. The number of aryl methyl sites for hydroxylation is 1. The van der Waals surface area contributed by atoms with Crippen molar-refractivity contribution >= 4 is 27.7 Å². The van der Waals surface area contributed by atoms with Crippen LogP contribution in [0.2, 0.25) is 0 Å². The van der Waals surface area contributed by atoms with Crippen LogP contribution in [0.15, 0.2) is 22.7 Å². The Kier molecular flexibility index (Phi) is 3.54. The number of hydrogen-bond donors (Lipinski definition) is 1. The van der Waals surface area contributed by atoms with Crippen LogP contribution in [0.1, 0.15) is 28.8 Å². The predicted molar refractivity (Wildman–Crippen MR) is 79.4 cm³/mol. The smallest absolute Gasteiger partial charge is 0.255 e. The maximum atomic E-state index is 12.8. The molecule has 0 aromatic heterocycles. The Hall–Kier alpha value is -1.36. The maximum Gasteiger partial charge on any atom is 0.255 e. The van der Waals surface area contributed by atoms with Gasteiger partial charge in [0.1, 0.15) is 0 Å². The first-order valence-electron chi connectivity index (χ1n) is 6.93. The number of benzene rings is 1. The first-order chi connectivity index (χ1) is 9.58. The molecular weight excluding hydrogens is 320 g/mol. The van der Waals surface area contributed by atoms with E-state index in [9.17, 15) is 9.59 Å². The molecule has 2 unspecified atom stereocenters. The Morgan fingerprint density at radius 2 is 2.25 bits per heavy atom. The average molecular weight is 337 g/mol. The van der Waals surface area contributed by atoms with E-state index >= 15 is 0 Å². The zero-order valence-electron chi connectivity index (χ0n) is 11.4. The number of halogens is 1. The third kappa shape index (κ3) is 2.24. The fourth-order valence-corrected chi connectivity index (χ4v) is 3.58. The van der Waals surface area contributed by atoms with Gasteiger partial charge in [-0.1, -0.05) is 11.6 Å². The molecular formula is C15H17BrN2O2. The number of piperidine rings is 1. The fraction of sp³-hybridized carbons (Fsp3) is 0.467. The lowest BCUT2D eigenvalue weighted by molar-refractivity contribution is -0.123. The van der Waals surface area contributed by atoms with Gasteiger partial charge in [-0.05, 0) is 47.8 Å². The summed E-state index contributed by atoms with van der Waals surface area (Å²) in [5.41, 5.74) is 1.75. The molecule has 2 atom stereocenters. The standard InChI is InChI=1S/C15H17BrN2O2/c1-9-4-5-12(16)11(7-9)15(20)18-6-2-3-10-13(18)8-17-14(10)19/h4-5,7,10,13H,2-3,6,8H2,1H3,(H,17,19). The average Bonchev–Trinajstić information content (AvgIpc) is 2.83. The van der Waals surface area contributed by atoms with Crippen molar-refractivity contribution in [2.24, 2.45) is 5.92 Å². The number of fused-ring (bicyclic) bond motifs is 1. The van der Waals surface area contributed by atoms with Crippen molar-refractivity contribution in [2.75, 3.05) is 13.1 Å².